The van der Waals surface area contributed by atoms with Crippen molar-refractivity contribution in [1.29, 1.82) is 5.26 Å². The highest BCUT2D eigenvalue weighted by Gasteiger charge is 2.35. The lowest BCUT2D eigenvalue weighted by Crippen LogP contribution is -2.56. The van der Waals surface area contributed by atoms with Crippen molar-refractivity contribution in [2.75, 3.05) is 26.3 Å². The first kappa shape index (κ1) is 27.5. The van der Waals surface area contributed by atoms with E-state index in [1.807, 2.05) is 18.2 Å². The van der Waals surface area contributed by atoms with E-state index in [4.69, 9.17) is 10.00 Å². The van der Waals surface area contributed by atoms with Gasteiger partial charge in [-0.3, -0.25) is 9.80 Å². The van der Waals surface area contributed by atoms with Crippen LogP contribution in [0.25, 0.3) is 11.3 Å². The van der Waals surface area contributed by atoms with Gasteiger partial charge >= 0.3 is 0 Å². The molecule has 2 heterocycles. The number of piperazine rings is 1. The molecular formula is C32H36N6O2. The summed E-state index contributed by atoms with van der Waals surface area (Å²) in [5, 5.41) is 27.9. The van der Waals surface area contributed by atoms with Gasteiger partial charge in [-0.05, 0) is 42.7 Å². The molecule has 0 bridgehead atoms. The molecule has 1 aliphatic rings. The normalized spacial score (nSPS) is 18.8. The van der Waals surface area contributed by atoms with Gasteiger partial charge in [-0.25, -0.2) is 0 Å². The molecule has 4 aromatic rings. The number of aromatic nitrogens is 3. The Balaban J connectivity index is 1.36. The second-order valence-electron chi connectivity index (χ2n) is 10.5. The van der Waals surface area contributed by atoms with Gasteiger partial charge in [0.25, 0.3) is 0 Å². The summed E-state index contributed by atoms with van der Waals surface area (Å²) in [5.74, 6) is 0.276. The molecule has 5 rings (SSSR count). The molecule has 40 heavy (non-hydrogen) atoms. The van der Waals surface area contributed by atoms with Crippen molar-refractivity contribution in [2.24, 2.45) is 0 Å². The highest BCUT2D eigenvalue weighted by Crippen LogP contribution is 2.35. The van der Waals surface area contributed by atoms with E-state index < -0.39 is 0 Å². The zero-order valence-electron chi connectivity index (χ0n) is 23.1. The van der Waals surface area contributed by atoms with E-state index in [0.29, 0.717) is 25.2 Å². The van der Waals surface area contributed by atoms with Crippen LogP contribution in [0.4, 0.5) is 0 Å². The lowest BCUT2D eigenvalue weighted by atomic mass is 9.92. The number of hydrogen-bond donors (Lipinski definition) is 1. The molecule has 1 aromatic heterocycles. The third-order valence-electron chi connectivity index (χ3n) is 7.57. The minimum atomic E-state index is 0.00504. The van der Waals surface area contributed by atoms with E-state index in [2.05, 4.69) is 94.5 Å². The summed E-state index contributed by atoms with van der Waals surface area (Å²) in [7, 11) is 0. The van der Waals surface area contributed by atoms with Crippen LogP contribution >= 0.6 is 0 Å². The highest BCUT2D eigenvalue weighted by molar-refractivity contribution is 5.58. The SMILES string of the molecule is CC1CN(C(c2ccc(-c3cnn(CCOCC#N)n3)cc2)c2cccc(O)c2)C(C)CN1Cc1ccccc1. The molecule has 1 saturated heterocycles. The largest absolute Gasteiger partial charge is 0.508 e. The molecule has 0 aliphatic carbocycles. The zero-order chi connectivity index (χ0) is 27.9. The molecule has 3 atom stereocenters. The van der Waals surface area contributed by atoms with Gasteiger partial charge in [-0.1, -0.05) is 66.7 Å². The van der Waals surface area contributed by atoms with Crippen molar-refractivity contribution in [3.05, 3.63) is 102 Å². The summed E-state index contributed by atoms with van der Waals surface area (Å²) in [5.41, 5.74) is 5.35. The highest BCUT2D eigenvalue weighted by atomic mass is 16.5. The first-order valence-electron chi connectivity index (χ1n) is 13.8. The number of nitriles is 1. The summed E-state index contributed by atoms with van der Waals surface area (Å²) >= 11 is 0. The predicted molar refractivity (Wildman–Crippen MR) is 154 cm³/mol. The van der Waals surface area contributed by atoms with Gasteiger partial charge in [0.05, 0.1) is 31.5 Å². The molecular weight excluding hydrogens is 500 g/mol. The Morgan fingerprint density at radius 2 is 1.77 bits per heavy atom. The van der Waals surface area contributed by atoms with E-state index in [9.17, 15) is 5.11 Å². The maximum atomic E-state index is 10.3. The Kier molecular flexibility index (Phi) is 8.87. The Hall–Kier alpha value is -4.03. The Labute approximate surface area is 236 Å². The summed E-state index contributed by atoms with van der Waals surface area (Å²) in [6, 6.07) is 29.5. The first-order chi connectivity index (χ1) is 19.5. The molecule has 206 valence electrons. The lowest BCUT2D eigenvalue weighted by molar-refractivity contribution is 0.0195. The minimum Gasteiger partial charge on any atom is -0.508 e. The first-order valence-corrected chi connectivity index (χ1v) is 13.8. The Morgan fingerprint density at radius 3 is 2.52 bits per heavy atom. The average molecular weight is 537 g/mol. The van der Waals surface area contributed by atoms with Crippen LogP contribution in [0.3, 0.4) is 0 Å². The van der Waals surface area contributed by atoms with Gasteiger partial charge in [0, 0.05) is 37.3 Å². The van der Waals surface area contributed by atoms with Crippen molar-refractivity contribution < 1.29 is 9.84 Å². The van der Waals surface area contributed by atoms with E-state index in [-0.39, 0.29) is 18.4 Å². The van der Waals surface area contributed by atoms with Crippen LogP contribution in [-0.4, -0.2) is 68.3 Å². The van der Waals surface area contributed by atoms with Crippen molar-refractivity contribution in [3.63, 3.8) is 0 Å². The summed E-state index contributed by atoms with van der Waals surface area (Å²) in [6.45, 7) is 8.37. The quantitative estimate of drug-likeness (QED) is 0.289. The number of phenols is 1. The molecule has 8 nitrogen and oxygen atoms in total. The maximum absolute atomic E-state index is 10.3. The number of phenolic OH excluding ortho intramolecular Hbond substituents is 1. The number of ether oxygens (including phenoxy) is 1. The van der Waals surface area contributed by atoms with E-state index in [1.54, 1.807) is 17.1 Å². The number of hydrogen-bond acceptors (Lipinski definition) is 7. The molecule has 3 aromatic carbocycles. The minimum absolute atomic E-state index is 0.00504. The molecule has 1 fully saturated rings. The van der Waals surface area contributed by atoms with Crippen molar-refractivity contribution >= 4 is 0 Å². The van der Waals surface area contributed by atoms with E-state index in [0.717, 1.165) is 36.5 Å². The van der Waals surface area contributed by atoms with Crippen molar-refractivity contribution in [3.8, 4) is 23.1 Å². The van der Waals surface area contributed by atoms with Crippen LogP contribution in [-0.2, 0) is 17.8 Å². The van der Waals surface area contributed by atoms with E-state index in [1.165, 1.54) is 11.1 Å². The fourth-order valence-electron chi connectivity index (χ4n) is 5.53. The van der Waals surface area contributed by atoms with Crippen LogP contribution in [0.15, 0.2) is 85.1 Å². The molecule has 0 radical (unpaired) electrons. The summed E-state index contributed by atoms with van der Waals surface area (Å²) in [4.78, 5) is 6.72. The van der Waals surface area contributed by atoms with Gasteiger partial charge in [0.1, 0.15) is 18.1 Å². The molecule has 8 heteroatoms. The summed E-state index contributed by atoms with van der Waals surface area (Å²) in [6.07, 6.45) is 1.75. The number of nitrogens with zero attached hydrogens (tertiary/aromatic N) is 6. The zero-order valence-corrected chi connectivity index (χ0v) is 23.1. The van der Waals surface area contributed by atoms with Gasteiger partial charge in [-0.15, -0.1) is 0 Å². The van der Waals surface area contributed by atoms with Crippen LogP contribution in [0.2, 0.25) is 0 Å². The molecule has 0 amide bonds. The topological polar surface area (TPSA) is 90.4 Å². The van der Waals surface area contributed by atoms with Crippen LogP contribution < -0.4 is 0 Å². The standard InChI is InChI=1S/C32H36N6O2/c1-24-22-37(25(2)21-36(24)23-26-7-4-3-5-8-26)32(29-9-6-10-30(39)19-29)28-13-11-27(12-14-28)31-20-34-38(35-31)16-18-40-17-15-33/h3-14,19-20,24-25,32,39H,16-18,21-23H2,1-2H3. The maximum Gasteiger partial charge on any atom is 0.133 e. The van der Waals surface area contributed by atoms with Crippen molar-refractivity contribution in [2.45, 2.75) is 45.1 Å². The van der Waals surface area contributed by atoms with Gasteiger partial charge in [-0.2, -0.15) is 20.3 Å². The van der Waals surface area contributed by atoms with E-state index >= 15 is 0 Å². The van der Waals surface area contributed by atoms with Gasteiger partial charge in [0.15, 0.2) is 0 Å². The molecule has 1 N–H and O–H groups in total. The molecule has 1 aliphatic heterocycles. The second kappa shape index (κ2) is 12.9. The van der Waals surface area contributed by atoms with Crippen LogP contribution in [0.5, 0.6) is 5.75 Å². The number of benzene rings is 3. The Bertz CT molecular complexity index is 1420. The third kappa shape index (κ3) is 6.57. The third-order valence-corrected chi connectivity index (χ3v) is 7.57. The smallest absolute Gasteiger partial charge is 0.133 e. The average Bonchev–Trinajstić information content (AvgIpc) is 3.44. The van der Waals surface area contributed by atoms with Gasteiger partial charge < -0.3 is 9.84 Å². The fraction of sp³-hybridized carbons (Fsp3) is 0.344. The predicted octanol–water partition coefficient (Wildman–Crippen LogP) is 4.88. The Morgan fingerprint density at radius 1 is 0.975 bits per heavy atom. The number of aromatic hydroxyl groups is 1. The lowest BCUT2D eigenvalue weighted by Gasteiger charge is -2.47. The van der Waals surface area contributed by atoms with Gasteiger partial charge in [0.2, 0.25) is 0 Å². The summed E-state index contributed by atoms with van der Waals surface area (Å²) < 4.78 is 5.22. The molecule has 3 unspecified atom stereocenters. The fourth-order valence-corrected chi connectivity index (χ4v) is 5.53. The van der Waals surface area contributed by atoms with Crippen molar-refractivity contribution in [1.82, 2.24) is 24.8 Å². The monoisotopic (exact) mass is 536 g/mol. The number of rotatable bonds is 10. The van der Waals surface area contributed by atoms with Crippen LogP contribution in [0, 0.1) is 11.3 Å². The second-order valence-corrected chi connectivity index (χ2v) is 10.5. The molecule has 0 saturated carbocycles. The van der Waals surface area contributed by atoms with Crippen LogP contribution in [0.1, 0.15) is 36.6 Å². The molecule has 0 spiro atoms.